The minimum absolute atomic E-state index is 0.0373. The van der Waals surface area contributed by atoms with Crippen molar-refractivity contribution < 1.29 is 9.21 Å². The summed E-state index contributed by atoms with van der Waals surface area (Å²) in [6.45, 7) is 1.99. The molecule has 0 aliphatic carbocycles. The molecule has 0 aliphatic rings. The lowest BCUT2D eigenvalue weighted by Gasteiger charge is -2.13. The van der Waals surface area contributed by atoms with Gasteiger partial charge in [0.2, 0.25) is 5.91 Å². The summed E-state index contributed by atoms with van der Waals surface area (Å²) in [5.41, 5.74) is 1.11. The molecule has 2 aromatic rings. The second-order valence-corrected chi connectivity index (χ2v) is 4.28. The summed E-state index contributed by atoms with van der Waals surface area (Å²) in [4.78, 5) is 11.8. The molecule has 1 heterocycles. The van der Waals surface area contributed by atoms with Crippen molar-refractivity contribution >= 4 is 5.91 Å². The molecule has 1 atom stereocenters. The molecule has 1 amide bonds. The third-order valence-electron chi connectivity index (χ3n) is 2.86. The van der Waals surface area contributed by atoms with Crippen molar-refractivity contribution in [3.05, 3.63) is 60.1 Å². The van der Waals surface area contributed by atoms with Gasteiger partial charge in [-0.1, -0.05) is 30.3 Å². The van der Waals surface area contributed by atoms with Crippen molar-refractivity contribution in [2.45, 2.75) is 25.8 Å². The molecule has 0 bridgehead atoms. The van der Waals surface area contributed by atoms with Crippen molar-refractivity contribution in [3.63, 3.8) is 0 Å². The first-order valence-corrected chi connectivity index (χ1v) is 6.12. The molecular formula is C15H17NO2. The maximum Gasteiger partial charge on any atom is 0.220 e. The van der Waals surface area contributed by atoms with E-state index in [4.69, 9.17) is 4.42 Å². The molecule has 0 saturated carbocycles. The molecule has 3 heteroatoms. The highest BCUT2D eigenvalue weighted by molar-refractivity contribution is 5.76. The minimum Gasteiger partial charge on any atom is -0.469 e. The maximum absolute atomic E-state index is 11.8. The Morgan fingerprint density at radius 3 is 2.67 bits per heavy atom. The number of amides is 1. The van der Waals surface area contributed by atoms with Crippen LogP contribution in [0.1, 0.15) is 30.7 Å². The van der Waals surface area contributed by atoms with Crippen LogP contribution in [0.5, 0.6) is 0 Å². The van der Waals surface area contributed by atoms with Gasteiger partial charge in [0, 0.05) is 12.8 Å². The van der Waals surface area contributed by atoms with Crippen LogP contribution in [0.25, 0.3) is 0 Å². The van der Waals surface area contributed by atoms with E-state index in [1.807, 2.05) is 49.4 Å². The number of benzene rings is 1. The summed E-state index contributed by atoms with van der Waals surface area (Å²) in [5, 5.41) is 2.98. The minimum atomic E-state index is 0.0373. The number of hydrogen-bond acceptors (Lipinski definition) is 2. The molecule has 0 saturated heterocycles. The first-order valence-electron chi connectivity index (χ1n) is 6.12. The van der Waals surface area contributed by atoms with Gasteiger partial charge in [0.1, 0.15) is 5.76 Å². The van der Waals surface area contributed by atoms with Crippen LogP contribution >= 0.6 is 0 Å². The van der Waals surface area contributed by atoms with Gasteiger partial charge in [-0.25, -0.2) is 0 Å². The van der Waals surface area contributed by atoms with Crippen LogP contribution < -0.4 is 5.32 Å². The van der Waals surface area contributed by atoms with E-state index in [0.29, 0.717) is 12.8 Å². The van der Waals surface area contributed by atoms with Gasteiger partial charge in [-0.05, 0) is 24.6 Å². The third-order valence-corrected chi connectivity index (χ3v) is 2.86. The molecule has 1 unspecified atom stereocenters. The van der Waals surface area contributed by atoms with E-state index in [1.54, 1.807) is 6.26 Å². The van der Waals surface area contributed by atoms with Crippen LogP contribution in [-0.2, 0) is 11.2 Å². The lowest BCUT2D eigenvalue weighted by atomic mass is 10.1. The van der Waals surface area contributed by atoms with Crippen molar-refractivity contribution in [2.24, 2.45) is 0 Å². The molecule has 1 aromatic carbocycles. The Hall–Kier alpha value is -2.03. The Kier molecular flexibility index (Phi) is 4.18. The summed E-state index contributed by atoms with van der Waals surface area (Å²) >= 11 is 0. The highest BCUT2D eigenvalue weighted by atomic mass is 16.3. The number of aryl methyl sites for hydroxylation is 1. The van der Waals surface area contributed by atoms with Crippen LogP contribution in [0, 0.1) is 0 Å². The number of carbonyl (C=O) groups is 1. The molecule has 0 aliphatic heterocycles. The predicted molar refractivity (Wildman–Crippen MR) is 70.0 cm³/mol. The summed E-state index contributed by atoms with van der Waals surface area (Å²) in [6, 6.07) is 13.7. The van der Waals surface area contributed by atoms with Gasteiger partial charge in [-0.15, -0.1) is 0 Å². The Bertz CT molecular complexity index is 476. The third kappa shape index (κ3) is 3.48. The van der Waals surface area contributed by atoms with E-state index in [9.17, 15) is 4.79 Å². The van der Waals surface area contributed by atoms with E-state index >= 15 is 0 Å². The zero-order valence-electron chi connectivity index (χ0n) is 10.4. The van der Waals surface area contributed by atoms with Gasteiger partial charge >= 0.3 is 0 Å². The molecule has 0 fully saturated rings. The predicted octanol–water partition coefficient (Wildman–Crippen LogP) is 3.09. The van der Waals surface area contributed by atoms with Crippen LogP contribution in [0.15, 0.2) is 53.1 Å². The summed E-state index contributed by atoms with van der Waals surface area (Å²) < 4.78 is 5.19. The molecular weight excluding hydrogens is 226 g/mol. The van der Waals surface area contributed by atoms with Crippen molar-refractivity contribution in [1.82, 2.24) is 5.32 Å². The van der Waals surface area contributed by atoms with E-state index in [1.165, 1.54) is 0 Å². The quantitative estimate of drug-likeness (QED) is 0.876. The molecule has 0 spiro atoms. The summed E-state index contributed by atoms with van der Waals surface area (Å²) in [5.74, 6) is 0.889. The number of nitrogens with one attached hydrogen (secondary N) is 1. The Labute approximate surface area is 107 Å². The number of hydrogen-bond donors (Lipinski definition) is 1. The van der Waals surface area contributed by atoms with Gasteiger partial charge < -0.3 is 9.73 Å². The van der Waals surface area contributed by atoms with Gasteiger partial charge in [0.05, 0.1) is 12.3 Å². The first-order chi connectivity index (χ1) is 8.75. The monoisotopic (exact) mass is 243 g/mol. The van der Waals surface area contributed by atoms with E-state index in [0.717, 1.165) is 11.3 Å². The SMILES string of the molecule is CC(NC(=O)CCc1ccco1)c1ccccc1. The second kappa shape index (κ2) is 6.05. The normalized spacial score (nSPS) is 12.1. The lowest BCUT2D eigenvalue weighted by molar-refractivity contribution is -0.121. The van der Waals surface area contributed by atoms with Crippen molar-refractivity contribution in [2.75, 3.05) is 0 Å². The Balaban J connectivity index is 1.80. The van der Waals surface area contributed by atoms with Crippen LogP contribution in [-0.4, -0.2) is 5.91 Å². The van der Waals surface area contributed by atoms with Gasteiger partial charge in [-0.2, -0.15) is 0 Å². The molecule has 3 nitrogen and oxygen atoms in total. The fourth-order valence-electron chi connectivity index (χ4n) is 1.83. The van der Waals surface area contributed by atoms with Crippen molar-refractivity contribution in [1.29, 1.82) is 0 Å². The molecule has 0 radical (unpaired) electrons. The second-order valence-electron chi connectivity index (χ2n) is 4.28. The van der Waals surface area contributed by atoms with Crippen LogP contribution in [0.4, 0.5) is 0 Å². The topological polar surface area (TPSA) is 42.2 Å². The molecule has 2 rings (SSSR count). The molecule has 1 aromatic heterocycles. The van der Waals surface area contributed by atoms with Crippen LogP contribution in [0.3, 0.4) is 0 Å². The summed E-state index contributed by atoms with van der Waals surface area (Å²) in [6.07, 6.45) is 2.71. The zero-order valence-corrected chi connectivity index (χ0v) is 10.4. The molecule has 1 N–H and O–H groups in total. The zero-order chi connectivity index (χ0) is 12.8. The van der Waals surface area contributed by atoms with E-state index < -0.39 is 0 Å². The highest BCUT2D eigenvalue weighted by Crippen LogP contribution is 2.11. The van der Waals surface area contributed by atoms with Gasteiger partial charge in [0.15, 0.2) is 0 Å². The average molecular weight is 243 g/mol. The first kappa shape index (κ1) is 12.4. The Morgan fingerprint density at radius 2 is 2.00 bits per heavy atom. The fourth-order valence-corrected chi connectivity index (χ4v) is 1.83. The van der Waals surface area contributed by atoms with Gasteiger partial charge in [-0.3, -0.25) is 4.79 Å². The molecule has 18 heavy (non-hydrogen) atoms. The largest absolute Gasteiger partial charge is 0.469 e. The summed E-state index contributed by atoms with van der Waals surface area (Å²) in [7, 11) is 0. The molecule has 94 valence electrons. The average Bonchev–Trinajstić information content (AvgIpc) is 2.90. The van der Waals surface area contributed by atoms with Crippen molar-refractivity contribution in [3.8, 4) is 0 Å². The Morgan fingerprint density at radius 1 is 1.22 bits per heavy atom. The fraction of sp³-hybridized carbons (Fsp3) is 0.267. The maximum atomic E-state index is 11.8. The number of furan rings is 1. The van der Waals surface area contributed by atoms with Crippen LogP contribution in [0.2, 0.25) is 0 Å². The van der Waals surface area contributed by atoms with E-state index in [2.05, 4.69) is 5.32 Å². The van der Waals surface area contributed by atoms with Gasteiger partial charge in [0.25, 0.3) is 0 Å². The standard InChI is InChI=1S/C15H17NO2/c1-12(13-6-3-2-4-7-13)16-15(17)10-9-14-8-5-11-18-14/h2-8,11-12H,9-10H2,1H3,(H,16,17). The number of carbonyl (C=O) groups excluding carboxylic acids is 1. The van der Waals surface area contributed by atoms with E-state index in [-0.39, 0.29) is 11.9 Å². The lowest BCUT2D eigenvalue weighted by Crippen LogP contribution is -2.26. The number of rotatable bonds is 5. The smallest absolute Gasteiger partial charge is 0.220 e. The highest BCUT2D eigenvalue weighted by Gasteiger charge is 2.09.